The Labute approximate surface area is 189 Å². The number of hydrogen-bond donors (Lipinski definition) is 2. The van der Waals surface area contributed by atoms with Crippen LogP contribution >= 0.6 is 22.7 Å². The number of Topliss-reactive ketones (excluding diaryl/α,β-unsaturated/α-hetero) is 1. The van der Waals surface area contributed by atoms with Crippen LogP contribution in [-0.4, -0.2) is 18.2 Å². The molecule has 2 aliphatic rings. The molecule has 2 N–H and O–H groups in total. The molecule has 1 aliphatic heterocycles. The van der Waals surface area contributed by atoms with Crippen molar-refractivity contribution >= 4 is 45.7 Å². The van der Waals surface area contributed by atoms with Crippen LogP contribution in [0.2, 0.25) is 0 Å². The Morgan fingerprint density at radius 1 is 1.06 bits per heavy atom. The van der Waals surface area contributed by atoms with Crippen LogP contribution < -0.4 is 15.5 Å². The third-order valence-electron chi connectivity index (χ3n) is 5.71. The van der Waals surface area contributed by atoms with E-state index in [4.69, 9.17) is 0 Å². The molecule has 0 spiro atoms. The smallest absolute Gasteiger partial charge is 0.239 e. The average Bonchev–Trinajstić information content (AvgIpc) is 3.46. The van der Waals surface area contributed by atoms with Crippen molar-refractivity contribution in [1.29, 1.82) is 0 Å². The summed E-state index contributed by atoms with van der Waals surface area (Å²) in [6, 6.07) is 15.8. The summed E-state index contributed by atoms with van der Waals surface area (Å²) in [6.07, 6.45) is 2.25. The van der Waals surface area contributed by atoms with Gasteiger partial charge in [-0.25, -0.2) is 0 Å². The zero-order valence-electron chi connectivity index (χ0n) is 17.0. The Morgan fingerprint density at radius 2 is 1.90 bits per heavy atom. The van der Waals surface area contributed by atoms with Gasteiger partial charge in [0.25, 0.3) is 0 Å². The van der Waals surface area contributed by atoms with Gasteiger partial charge in [0.1, 0.15) is 0 Å². The number of para-hydroxylation sites is 2. The van der Waals surface area contributed by atoms with E-state index in [1.165, 1.54) is 0 Å². The van der Waals surface area contributed by atoms with E-state index in [1.54, 1.807) is 22.7 Å². The van der Waals surface area contributed by atoms with E-state index < -0.39 is 0 Å². The fraction of sp³-hybridized carbons (Fsp3) is 0.250. The zero-order valence-corrected chi connectivity index (χ0v) is 18.6. The van der Waals surface area contributed by atoms with E-state index in [-0.39, 0.29) is 24.3 Å². The maximum Gasteiger partial charge on any atom is 0.239 e. The topological polar surface area (TPSA) is 61.4 Å². The molecule has 3 heterocycles. The first-order valence-corrected chi connectivity index (χ1v) is 12.2. The van der Waals surface area contributed by atoms with Gasteiger partial charge in [-0.2, -0.15) is 0 Å². The number of thiophene rings is 2. The standard InChI is InChI=1S/C24H23N3O2S2/c28-20-10-3-8-18-23(20)24(21-11-5-13-31-21)27(19-9-2-1-7-17(19)26-18)15-22(29)25-14-16-6-4-12-30-16/h1-2,4-7,9,11-13,24,26H,3,8,10,14-15H2,(H,25,29)/t24-/m1/s1. The quantitative estimate of drug-likeness (QED) is 0.569. The van der Waals surface area contributed by atoms with Gasteiger partial charge in [0.2, 0.25) is 5.91 Å². The summed E-state index contributed by atoms with van der Waals surface area (Å²) in [4.78, 5) is 30.4. The van der Waals surface area contributed by atoms with Gasteiger partial charge in [-0.3, -0.25) is 9.59 Å². The van der Waals surface area contributed by atoms with E-state index >= 15 is 0 Å². The second kappa shape index (κ2) is 8.69. The van der Waals surface area contributed by atoms with Crippen molar-refractivity contribution in [3.8, 4) is 0 Å². The van der Waals surface area contributed by atoms with Crippen LogP contribution in [-0.2, 0) is 16.1 Å². The lowest BCUT2D eigenvalue weighted by molar-refractivity contribution is -0.120. The van der Waals surface area contributed by atoms with Gasteiger partial charge < -0.3 is 15.5 Å². The van der Waals surface area contributed by atoms with Crippen molar-refractivity contribution < 1.29 is 9.59 Å². The maximum absolute atomic E-state index is 13.1. The van der Waals surface area contributed by atoms with Gasteiger partial charge in [0, 0.05) is 27.4 Å². The molecule has 3 aromatic rings. The minimum Gasteiger partial charge on any atom is -0.357 e. The van der Waals surface area contributed by atoms with Crippen molar-refractivity contribution in [1.82, 2.24) is 5.32 Å². The molecular formula is C24H23N3O2S2. The van der Waals surface area contributed by atoms with E-state index in [9.17, 15) is 9.59 Å². The van der Waals surface area contributed by atoms with Gasteiger partial charge in [-0.15, -0.1) is 22.7 Å². The van der Waals surface area contributed by atoms with Crippen LogP contribution in [0.15, 0.2) is 70.6 Å². The predicted octanol–water partition coefficient (Wildman–Crippen LogP) is 5.11. The number of amides is 1. The van der Waals surface area contributed by atoms with Crippen LogP contribution in [0.25, 0.3) is 0 Å². The number of allylic oxidation sites excluding steroid dienone is 1. The lowest BCUT2D eigenvalue weighted by Gasteiger charge is -2.34. The van der Waals surface area contributed by atoms with Crippen molar-refractivity contribution in [2.24, 2.45) is 0 Å². The largest absolute Gasteiger partial charge is 0.357 e. The normalized spacial score (nSPS) is 18.1. The Balaban J connectivity index is 1.54. The summed E-state index contributed by atoms with van der Waals surface area (Å²) in [5.41, 5.74) is 3.67. The fourth-order valence-electron chi connectivity index (χ4n) is 4.33. The molecule has 0 radical (unpaired) electrons. The average molecular weight is 450 g/mol. The van der Waals surface area contributed by atoms with Gasteiger partial charge >= 0.3 is 0 Å². The van der Waals surface area contributed by atoms with Gasteiger partial charge in [0.15, 0.2) is 5.78 Å². The number of carbonyl (C=O) groups excluding carboxylic acids is 2. The first-order valence-electron chi connectivity index (χ1n) is 10.4. The lowest BCUT2D eigenvalue weighted by atomic mass is 9.88. The second-order valence-corrected chi connectivity index (χ2v) is 9.72. The Morgan fingerprint density at radius 3 is 2.71 bits per heavy atom. The minimum absolute atomic E-state index is 0.0583. The third kappa shape index (κ3) is 4.03. The number of rotatable bonds is 5. The molecule has 2 aromatic heterocycles. The zero-order chi connectivity index (χ0) is 21.2. The van der Waals surface area contributed by atoms with Gasteiger partial charge in [-0.1, -0.05) is 24.3 Å². The molecular weight excluding hydrogens is 426 g/mol. The van der Waals surface area contributed by atoms with Crippen LogP contribution in [0.5, 0.6) is 0 Å². The summed E-state index contributed by atoms with van der Waals surface area (Å²) >= 11 is 3.26. The van der Waals surface area contributed by atoms with Crippen LogP contribution in [0.4, 0.5) is 11.4 Å². The monoisotopic (exact) mass is 449 g/mol. The highest BCUT2D eigenvalue weighted by molar-refractivity contribution is 7.10. The molecule has 0 saturated carbocycles. The van der Waals surface area contributed by atoms with Crippen molar-refractivity contribution in [3.63, 3.8) is 0 Å². The molecule has 158 valence electrons. The molecule has 31 heavy (non-hydrogen) atoms. The maximum atomic E-state index is 13.1. The molecule has 7 heteroatoms. The molecule has 0 unspecified atom stereocenters. The predicted molar refractivity (Wildman–Crippen MR) is 127 cm³/mol. The lowest BCUT2D eigenvalue weighted by Crippen LogP contribution is -2.40. The van der Waals surface area contributed by atoms with Crippen LogP contribution in [0.1, 0.15) is 35.1 Å². The number of hydrogen-bond acceptors (Lipinski definition) is 6. The number of ketones is 1. The number of benzene rings is 1. The first-order chi connectivity index (χ1) is 15.2. The molecule has 0 fully saturated rings. The second-order valence-electron chi connectivity index (χ2n) is 7.71. The summed E-state index contributed by atoms with van der Waals surface area (Å²) < 4.78 is 0. The minimum atomic E-state index is -0.272. The van der Waals surface area contributed by atoms with Crippen molar-refractivity contribution in [2.45, 2.75) is 31.8 Å². The molecule has 1 amide bonds. The van der Waals surface area contributed by atoms with E-state index in [2.05, 4.69) is 21.6 Å². The number of nitrogens with zero attached hydrogens (tertiary/aromatic N) is 1. The van der Waals surface area contributed by atoms with E-state index in [0.717, 1.165) is 45.2 Å². The van der Waals surface area contributed by atoms with Crippen LogP contribution in [0, 0.1) is 0 Å². The van der Waals surface area contributed by atoms with Gasteiger partial charge in [-0.05, 0) is 47.9 Å². The fourth-order valence-corrected chi connectivity index (χ4v) is 5.82. The molecule has 5 rings (SSSR count). The SMILES string of the molecule is O=C(CN1c2ccccc2NC2=C(C(=O)CCC2)[C@H]1c1cccs1)NCc1cccs1. The Kier molecular flexibility index (Phi) is 5.61. The highest BCUT2D eigenvalue weighted by Crippen LogP contribution is 2.45. The number of anilines is 2. The Hall–Kier alpha value is -2.90. The molecule has 1 aliphatic carbocycles. The van der Waals surface area contributed by atoms with E-state index in [1.807, 2.05) is 53.2 Å². The Bertz CT molecular complexity index is 1120. The molecule has 1 atom stereocenters. The van der Waals surface area contributed by atoms with Crippen molar-refractivity contribution in [2.75, 3.05) is 16.8 Å². The number of nitrogens with one attached hydrogen (secondary N) is 2. The summed E-state index contributed by atoms with van der Waals surface area (Å²) in [6.45, 7) is 0.692. The highest BCUT2D eigenvalue weighted by atomic mass is 32.1. The first kappa shape index (κ1) is 20.0. The van der Waals surface area contributed by atoms with Crippen LogP contribution in [0.3, 0.4) is 0 Å². The molecule has 0 saturated heterocycles. The summed E-state index contributed by atoms with van der Waals surface area (Å²) in [5, 5.41) is 10.6. The molecule has 5 nitrogen and oxygen atoms in total. The van der Waals surface area contributed by atoms with E-state index in [0.29, 0.717) is 13.0 Å². The highest BCUT2D eigenvalue weighted by Gasteiger charge is 2.37. The van der Waals surface area contributed by atoms with Crippen molar-refractivity contribution in [3.05, 3.63) is 80.3 Å². The summed E-state index contributed by atoms with van der Waals surface area (Å²) in [7, 11) is 0. The number of fused-ring (bicyclic) bond motifs is 1. The summed E-state index contributed by atoms with van der Waals surface area (Å²) in [5.74, 6) is 0.112. The van der Waals surface area contributed by atoms with Gasteiger partial charge in [0.05, 0.1) is 30.5 Å². The molecule has 1 aromatic carbocycles. The number of carbonyl (C=O) groups is 2. The third-order valence-corrected chi connectivity index (χ3v) is 7.51. The molecule has 0 bridgehead atoms.